The van der Waals surface area contributed by atoms with Gasteiger partial charge in [-0.1, -0.05) is 36.0 Å². The quantitative estimate of drug-likeness (QED) is 0.239. The van der Waals surface area contributed by atoms with E-state index in [0.29, 0.717) is 44.4 Å². The van der Waals surface area contributed by atoms with Gasteiger partial charge in [0.05, 0.1) is 47.8 Å². The second-order valence-corrected chi connectivity index (χ2v) is 8.36. The largest absolute Gasteiger partial charge is 0.493 e. The van der Waals surface area contributed by atoms with Crippen molar-refractivity contribution in [3.63, 3.8) is 0 Å². The van der Waals surface area contributed by atoms with Crippen molar-refractivity contribution >= 4 is 34.5 Å². The van der Waals surface area contributed by atoms with Crippen LogP contribution in [0, 0.1) is 0 Å². The summed E-state index contributed by atoms with van der Waals surface area (Å²) < 4.78 is 12.2. The number of para-hydroxylation sites is 1. The summed E-state index contributed by atoms with van der Waals surface area (Å²) in [5.74, 6) is 0.247. The maximum Gasteiger partial charge on any atom is 0.266 e. The van der Waals surface area contributed by atoms with Crippen molar-refractivity contribution in [1.82, 2.24) is 14.5 Å². The number of rotatable bonds is 6. The Hall–Kier alpha value is -4.11. The van der Waals surface area contributed by atoms with E-state index < -0.39 is 0 Å². The summed E-state index contributed by atoms with van der Waals surface area (Å²) in [5, 5.41) is 0.787. The lowest BCUT2D eigenvalue weighted by atomic mass is 10.1. The lowest BCUT2D eigenvalue weighted by molar-refractivity contribution is 0.0684. The third kappa shape index (κ3) is 3.50. The highest BCUT2D eigenvalue weighted by Gasteiger charge is 2.35. The van der Waals surface area contributed by atoms with Gasteiger partial charge in [0.15, 0.2) is 16.7 Å². The minimum Gasteiger partial charge on any atom is -0.493 e. The third-order valence-electron chi connectivity index (χ3n) is 5.57. The predicted molar refractivity (Wildman–Crippen MR) is 128 cm³/mol. The normalized spacial score (nSPS) is 12.8. The number of methoxy groups -OCH3 is 2. The van der Waals surface area contributed by atoms with E-state index in [2.05, 4.69) is 4.98 Å². The molecule has 170 valence electrons. The SMILES string of the molecule is COc1ccc(-n2c(SCN3C(=O)c4ccccc4C3=O)nc3ccccc3c2=O)cc1OC. The number of hydrogen-bond donors (Lipinski definition) is 0. The molecule has 8 nitrogen and oxygen atoms in total. The molecule has 34 heavy (non-hydrogen) atoms. The van der Waals surface area contributed by atoms with Crippen LogP contribution in [-0.4, -0.2) is 46.4 Å². The summed E-state index contributed by atoms with van der Waals surface area (Å²) in [6.45, 7) is 0. The predicted octanol–water partition coefficient (Wildman–Crippen LogP) is 3.75. The van der Waals surface area contributed by atoms with Gasteiger partial charge in [0.2, 0.25) is 0 Å². The molecule has 2 heterocycles. The smallest absolute Gasteiger partial charge is 0.266 e. The van der Waals surface area contributed by atoms with E-state index in [1.54, 1.807) is 66.7 Å². The van der Waals surface area contributed by atoms with Gasteiger partial charge in [-0.3, -0.25) is 23.9 Å². The first-order chi connectivity index (χ1) is 16.5. The number of aromatic nitrogens is 2. The van der Waals surface area contributed by atoms with Crippen molar-refractivity contribution in [3.8, 4) is 17.2 Å². The van der Waals surface area contributed by atoms with Crippen LogP contribution >= 0.6 is 11.8 Å². The van der Waals surface area contributed by atoms with E-state index in [4.69, 9.17) is 9.47 Å². The molecule has 3 aromatic carbocycles. The van der Waals surface area contributed by atoms with E-state index >= 15 is 0 Å². The molecule has 0 spiro atoms. The topological polar surface area (TPSA) is 90.7 Å². The Bertz CT molecular complexity index is 1480. The Labute approximate surface area is 198 Å². The summed E-state index contributed by atoms with van der Waals surface area (Å²) in [6, 6.07) is 18.9. The Morgan fingerprint density at radius 2 is 1.47 bits per heavy atom. The fraction of sp³-hybridized carbons (Fsp3) is 0.120. The molecule has 1 aliphatic rings. The zero-order valence-electron chi connectivity index (χ0n) is 18.3. The maximum absolute atomic E-state index is 13.5. The zero-order chi connectivity index (χ0) is 23.8. The van der Waals surface area contributed by atoms with E-state index in [1.165, 1.54) is 18.8 Å². The molecule has 5 rings (SSSR count). The molecular formula is C25H19N3O5S. The number of benzene rings is 3. The fourth-order valence-electron chi connectivity index (χ4n) is 3.88. The number of thioether (sulfide) groups is 1. The minimum atomic E-state index is -0.367. The number of imide groups is 1. The van der Waals surface area contributed by atoms with Gasteiger partial charge in [0.1, 0.15) is 0 Å². The molecule has 0 radical (unpaired) electrons. The monoisotopic (exact) mass is 473 g/mol. The number of carbonyl (C=O) groups is 2. The summed E-state index contributed by atoms with van der Waals surface area (Å²) in [6.07, 6.45) is 0. The average Bonchev–Trinajstić information content (AvgIpc) is 3.12. The van der Waals surface area contributed by atoms with Gasteiger partial charge in [-0.25, -0.2) is 4.98 Å². The molecule has 4 aromatic rings. The number of hydrogen-bond acceptors (Lipinski definition) is 7. The van der Waals surface area contributed by atoms with Gasteiger partial charge in [0, 0.05) is 6.07 Å². The van der Waals surface area contributed by atoms with Crippen molar-refractivity contribution in [2.24, 2.45) is 0 Å². The van der Waals surface area contributed by atoms with Crippen molar-refractivity contribution in [2.75, 3.05) is 20.1 Å². The number of carbonyl (C=O) groups excluding carboxylic acids is 2. The molecule has 0 N–H and O–H groups in total. The van der Waals surface area contributed by atoms with E-state index in [9.17, 15) is 14.4 Å². The third-order valence-corrected chi connectivity index (χ3v) is 6.49. The van der Waals surface area contributed by atoms with Crippen molar-refractivity contribution in [3.05, 3.63) is 88.2 Å². The second kappa shape index (κ2) is 8.68. The van der Waals surface area contributed by atoms with Crippen LogP contribution in [0.1, 0.15) is 20.7 Å². The van der Waals surface area contributed by atoms with E-state index in [-0.39, 0.29) is 23.3 Å². The first-order valence-electron chi connectivity index (χ1n) is 10.4. The molecule has 0 atom stereocenters. The lowest BCUT2D eigenvalue weighted by Crippen LogP contribution is -2.30. The van der Waals surface area contributed by atoms with Gasteiger partial charge in [-0.15, -0.1) is 0 Å². The van der Waals surface area contributed by atoms with Crippen LogP contribution in [0.4, 0.5) is 0 Å². The Morgan fingerprint density at radius 1 is 0.824 bits per heavy atom. The number of amides is 2. The standard InChI is InChI=1S/C25H19N3O5S/c1-32-20-12-11-15(13-21(20)33-2)28-24(31)18-9-5-6-10-19(18)26-25(28)34-14-27-22(29)16-7-3-4-8-17(16)23(27)30/h3-13H,14H2,1-2H3. The number of fused-ring (bicyclic) bond motifs is 2. The highest BCUT2D eigenvalue weighted by atomic mass is 32.2. The molecule has 1 aliphatic heterocycles. The highest BCUT2D eigenvalue weighted by molar-refractivity contribution is 7.99. The molecule has 0 aliphatic carbocycles. The van der Waals surface area contributed by atoms with Gasteiger partial charge in [-0.2, -0.15) is 0 Å². The molecule has 2 amide bonds. The maximum atomic E-state index is 13.5. The van der Waals surface area contributed by atoms with Crippen LogP contribution in [0.15, 0.2) is 76.7 Å². The summed E-state index contributed by atoms with van der Waals surface area (Å²) in [4.78, 5) is 44.9. The van der Waals surface area contributed by atoms with Crippen molar-refractivity contribution < 1.29 is 19.1 Å². The summed E-state index contributed by atoms with van der Waals surface area (Å²) in [7, 11) is 3.05. The first-order valence-corrected chi connectivity index (χ1v) is 11.3. The molecule has 0 saturated carbocycles. The van der Waals surface area contributed by atoms with Gasteiger partial charge < -0.3 is 9.47 Å². The van der Waals surface area contributed by atoms with E-state index in [1.807, 2.05) is 0 Å². The molecular weight excluding hydrogens is 454 g/mol. The second-order valence-electron chi connectivity index (χ2n) is 7.45. The lowest BCUT2D eigenvalue weighted by Gasteiger charge is -2.17. The van der Waals surface area contributed by atoms with Crippen LogP contribution in [-0.2, 0) is 0 Å². The van der Waals surface area contributed by atoms with Crippen LogP contribution in [0.5, 0.6) is 11.5 Å². The van der Waals surface area contributed by atoms with Crippen LogP contribution < -0.4 is 15.0 Å². The van der Waals surface area contributed by atoms with Crippen molar-refractivity contribution in [2.45, 2.75) is 5.16 Å². The van der Waals surface area contributed by atoms with Crippen molar-refractivity contribution in [1.29, 1.82) is 0 Å². The molecule has 9 heteroatoms. The molecule has 0 unspecified atom stereocenters. The van der Waals surface area contributed by atoms with Crippen LogP contribution in [0.3, 0.4) is 0 Å². The molecule has 1 aromatic heterocycles. The van der Waals surface area contributed by atoms with Crippen LogP contribution in [0.25, 0.3) is 16.6 Å². The number of ether oxygens (including phenoxy) is 2. The Balaban J connectivity index is 1.58. The van der Waals surface area contributed by atoms with Gasteiger partial charge in [0.25, 0.3) is 17.4 Å². The summed E-state index contributed by atoms with van der Waals surface area (Å²) in [5.41, 5.74) is 1.51. The first kappa shape index (κ1) is 21.7. The Morgan fingerprint density at radius 3 is 2.15 bits per heavy atom. The minimum absolute atomic E-state index is 0.00438. The molecule has 0 saturated heterocycles. The fourth-order valence-corrected chi connectivity index (χ4v) is 4.84. The zero-order valence-corrected chi connectivity index (χ0v) is 19.2. The average molecular weight is 474 g/mol. The van der Waals surface area contributed by atoms with Gasteiger partial charge in [-0.05, 0) is 36.4 Å². The van der Waals surface area contributed by atoms with Gasteiger partial charge >= 0.3 is 0 Å². The molecule has 0 fully saturated rings. The summed E-state index contributed by atoms with van der Waals surface area (Å²) >= 11 is 1.13. The highest BCUT2D eigenvalue weighted by Crippen LogP contribution is 2.32. The number of nitrogens with zero attached hydrogens (tertiary/aromatic N) is 3. The van der Waals surface area contributed by atoms with E-state index in [0.717, 1.165) is 16.7 Å². The van der Waals surface area contributed by atoms with Crippen LogP contribution in [0.2, 0.25) is 0 Å². The Kier molecular flexibility index (Phi) is 5.54. The molecule has 0 bridgehead atoms.